The second-order valence-corrected chi connectivity index (χ2v) is 4.62. The van der Waals surface area contributed by atoms with Gasteiger partial charge in [-0.3, -0.25) is 9.59 Å². The van der Waals surface area contributed by atoms with Crippen LogP contribution in [0.15, 0.2) is 12.1 Å². The molecular formula is C13H17ClN2O4. The minimum absolute atomic E-state index is 0.149. The molecule has 110 valence electrons. The highest BCUT2D eigenvalue weighted by Gasteiger charge is 2.18. The Morgan fingerprint density at radius 1 is 1.40 bits per heavy atom. The first-order chi connectivity index (χ1) is 9.40. The summed E-state index contributed by atoms with van der Waals surface area (Å²) in [5.74, 6) is -0.929. The largest absolute Gasteiger partial charge is 0.496 e. The summed E-state index contributed by atoms with van der Waals surface area (Å²) >= 11 is 5.89. The third-order valence-corrected chi connectivity index (χ3v) is 3.06. The number of hydrogen-bond donors (Lipinski definition) is 2. The number of carbonyl (C=O) groups excluding carboxylic acids is 2. The Bertz CT molecular complexity index is 519. The standard InChI is InChI=1S/C13H17ClN2O4/c1-7(13(18)20-3)6-16-12(17)8-4-9(14)10(15)5-11(8)19-2/h4-5,7H,6,15H2,1-3H3,(H,16,17). The van der Waals surface area contributed by atoms with E-state index in [1.165, 1.54) is 26.4 Å². The average molecular weight is 301 g/mol. The molecule has 0 aromatic heterocycles. The van der Waals surface area contributed by atoms with Crippen LogP contribution in [0.25, 0.3) is 0 Å². The summed E-state index contributed by atoms with van der Waals surface area (Å²) in [5.41, 5.74) is 6.22. The topological polar surface area (TPSA) is 90.7 Å². The molecule has 1 aromatic carbocycles. The summed E-state index contributed by atoms with van der Waals surface area (Å²) in [6, 6.07) is 2.90. The molecule has 1 amide bonds. The Hall–Kier alpha value is -1.95. The lowest BCUT2D eigenvalue weighted by atomic mass is 10.1. The van der Waals surface area contributed by atoms with E-state index in [2.05, 4.69) is 10.1 Å². The minimum Gasteiger partial charge on any atom is -0.496 e. The molecule has 20 heavy (non-hydrogen) atoms. The Morgan fingerprint density at radius 3 is 2.60 bits per heavy atom. The molecule has 0 aliphatic rings. The fourth-order valence-electron chi connectivity index (χ4n) is 1.54. The molecule has 1 rings (SSSR count). The number of ether oxygens (including phenoxy) is 2. The average Bonchev–Trinajstić information content (AvgIpc) is 2.45. The van der Waals surface area contributed by atoms with Gasteiger partial charge in [0.2, 0.25) is 0 Å². The Balaban J connectivity index is 2.82. The van der Waals surface area contributed by atoms with E-state index in [0.29, 0.717) is 11.4 Å². The van der Waals surface area contributed by atoms with Gasteiger partial charge in [-0.2, -0.15) is 0 Å². The molecule has 7 heteroatoms. The summed E-state index contributed by atoms with van der Waals surface area (Å²) < 4.78 is 9.66. The smallest absolute Gasteiger partial charge is 0.310 e. The zero-order chi connectivity index (χ0) is 15.3. The number of nitrogens with one attached hydrogen (secondary N) is 1. The second kappa shape index (κ2) is 7.00. The lowest BCUT2D eigenvalue weighted by Crippen LogP contribution is -2.32. The molecule has 0 saturated heterocycles. The van der Waals surface area contributed by atoms with Gasteiger partial charge in [-0.15, -0.1) is 0 Å². The number of esters is 1. The summed E-state index contributed by atoms with van der Waals surface area (Å²) in [4.78, 5) is 23.3. The molecule has 0 saturated carbocycles. The van der Waals surface area contributed by atoms with Crippen LogP contribution in [0.2, 0.25) is 5.02 Å². The van der Waals surface area contributed by atoms with E-state index in [1.54, 1.807) is 6.92 Å². The van der Waals surface area contributed by atoms with Crippen molar-refractivity contribution in [3.05, 3.63) is 22.7 Å². The number of amides is 1. The van der Waals surface area contributed by atoms with Gasteiger partial charge < -0.3 is 20.5 Å². The van der Waals surface area contributed by atoms with Gasteiger partial charge in [0.1, 0.15) is 5.75 Å². The Labute approximate surface area is 122 Å². The molecule has 6 nitrogen and oxygen atoms in total. The number of rotatable bonds is 5. The van der Waals surface area contributed by atoms with Crippen molar-refractivity contribution in [2.45, 2.75) is 6.92 Å². The number of halogens is 1. The van der Waals surface area contributed by atoms with E-state index in [9.17, 15) is 9.59 Å². The first kappa shape index (κ1) is 16.1. The van der Waals surface area contributed by atoms with Gasteiger partial charge in [-0.25, -0.2) is 0 Å². The molecule has 0 aliphatic carbocycles. The lowest BCUT2D eigenvalue weighted by Gasteiger charge is -2.13. The number of nitrogens with two attached hydrogens (primary N) is 1. The highest BCUT2D eigenvalue weighted by atomic mass is 35.5. The molecular weight excluding hydrogens is 284 g/mol. The third kappa shape index (κ3) is 3.77. The summed E-state index contributed by atoms with van der Waals surface area (Å²) in [6.07, 6.45) is 0. The van der Waals surface area contributed by atoms with Gasteiger partial charge in [0.15, 0.2) is 0 Å². The molecule has 0 aliphatic heterocycles. The zero-order valence-electron chi connectivity index (χ0n) is 11.5. The van der Waals surface area contributed by atoms with Gasteiger partial charge in [0.05, 0.1) is 36.4 Å². The number of carbonyl (C=O) groups is 2. The molecule has 0 fully saturated rings. The number of hydrogen-bond acceptors (Lipinski definition) is 5. The van der Waals surface area contributed by atoms with E-state index < -0.39 is 17.8 Å². The summed E-state index contributed by atoms with van der Waals surface area (Å²) in [5, 5.41) is 2.88. The van der Waals surface area contributed by atoms with E-state index in [-0.39, 0.29) is 17.1 Å². The van der Waals surface area contributed by atoms with Crippen molar-refractivity contribution in [2.24, 2.45) is 5.92 Å². The molecule has 1 atom stereocenters. The second-order valence-electron chi connectivity index (χ2n) is 4.21. The summed E-state index contributed by atoms with van der Waals surface area (Å²) in [7, 11) is 2.72. The van der Waals surface area contributed by atoms with Crippen molar-refractivity contribution in [2.75, 3.05) is 26.5 Å². The molecule has 0 bridgehead atoms. The molecule has 3 N–H and O–H groups in total. The van der Waals surface area contributed by atoms with Crippen molar-refractivity contribution >= 4 is 29.2 Å². The number of benzene rings is 1. The lowest BCUT2D eigenvalue weighted by molar-refractivity contribution is -0.144. The fourth-order valence-corrected chi connectivity index (χ4v) is 1.70. The van der Waals surface area contributed by atoms with Gasteiger partial charge >= 0.3 is 5.97 Å². The van der Waals surface area contributed by atoms with Crippen LogP contribution in [-0.2, 0) is 9.53 Å². The quantitative estimate of drug-likeness (QED) is 0.635. The number of nitrogen functional groups attached to an aromatic ring is 1. The Kier molecular flexibility index (Phi) is 5.64. The normalized spacial score (nSPS) is 11.6. The third-order valence-electron chi connectivity index (χ3n) is 2.74. The van der Waals surface area contributed by atoms with Gasteiger partial charge in [-0.1, -0.05) is 18.5 Å². The molecule has 0 spiro atoms. The van der Waals surface area contributed by atoms with E-state index >= 15 is 0 Å². The fraction of sp³-hybridized carbons (Fsp3) is 0.385. The van der Waals surface area contributed by atoms with Crippen LogP contribution in [0.4, 0.5) is 5.69 Å². The van der Waals surface area contributed by atoms with Crippen LogP contribution in [0.3, 0.4) is 0 Å². The van der Waals surface area contributed by atoms with Crippen LogP contribution in [0.1, 0.15) is 17.3 Å². The number of anilines is 1. The maximum absolute atomic E-state index is 12.1. The van der Waals surface area contributed by atoms with Crippen LogP contribution in [-0.4, -0.2) is 32.6 Å². The predicted octanol–water partition coefficient (Wildman–Crippen LogP) is 1.47. The van der Waals surface area contributed by atoms with Crippen molar-refractivity contribution in [1.29, 1.82) is 0 Å². The minimum atomic E-state index is -0.445. The zero-order valence-corrected chi connectivity index (χ0v) is 12.3. The summed E-state index contributed by atoms with van der Waals surface area (Å²) in [6.45, 7) is 1.80. The van der Waals surface area contributed by atoms with Crippen molar-refractivity contribution < 1.29 is 19.1 Å². The van der Waals surface area contributed by atoms with Gasteiger partial charge in [0, 0.05) is 12.6 Å². The highest BCUT2D eigenvalue weighted by molar-refractivity contribution is 6.33. The highest BCUT2D eigenvalue weighted by Crippen LogP contribution is 2.28. The monoisotopic (exact) mass is 300 g/mol. The van der Waals surface area contributed by atoms with Crippen LogP contribution >= 0.6 is 11.6 Å². The molecule has 0 radical (unpaired) electrons. The van der Waals surface area contributed by atoms with Crippen LogP contribution < -0.4 is 15.8 Å². The van der Waals surface area contributed by atoms with Gasteiger partial charge in [-0.05, 0) is 6.07 Å². The van der Waals surface area contributed by atoms with Crippen molar-refractivity contribution in [3.8, 4) is 5.75 Å². The maximum atomic E-state index is 12.1. The van der Waals surface area contributed by atoms with E-state index in [0.717, 1.165) is 0 Å². The van der Waals surface area contributed by atoms with Crippen LogP contribution in [0, 0.1) is 5.92 Å². The van der Waals surface area contributed by atoms with E-state index in [1.807, 2.05) is 0 Å². The molecule has 1 aromatic rings. The first-order valence-electron chi connectivity index (χ1n) is 5.89. The van der Waals surface area contributed by atoms with E-state index in [4.69, 9.17) is 22.1 Å². The van der Waals surface area contributed by atoms with Crippen LogP contribution in [0.5, 0.6) is 5.75 Å². The predicted molar refractivity (Wildman–Crippen MR) is 75.9 cm³/mol. The number of methoxy groups -OCH3 is 2. The first-order valence-corrected chi connectivity index (χ1v) is 6.27. The van der Waals surface area contributed by atoms with Gasteiger partial charge in [0.25, 0.3) is 5.91 Å². The SMILES string of the molecule is COC(=O)C(C)CNC(=O)c1cc(Cl)c(N)cc1OC. The molecule has 1 unspecified atom stereocenters. The molecule has 0 heterocycles. The van der Waals surface area contributed by atoms with Crippen molar-refractivity contribution in [1.82, 2.24) is 5.32 Å². The maximum Gasteiger partial charge on any atom is 0.310 e. The Morgan fingerprint density at radius 2 is 2.05 bits per heavy atom. The van der Waals surface area contributed by atoms with Crippen molar-refractivity contribution in [3.63, 3.8) is 0 Å².